The molecule has 2 fully saturated rings. The fourth-order valence-electron chi connectivity index (χ4n) is 3.64. The monoisotopic (exact) mass is 359 g/mol. The van der Waals surface area contributed by atoms with Crippen LogP contribution in [0, 0.1) is 5.41 Å². The molecule has 0 unspecified atom stereocenters. The SMILES string of the molecule is CCNC(=NCCN1CCN(c2ncccn2)CC1)N1CCC(C)(C)C1. The van der Waals surface area contributed by atoms with Crippen molar-refractivity contribution in [2.75, 3.05) is 63.8 Å². The maximum absolute atomic E-state index is 4.88. The predicted molar refractivity (Wildman–Crippen MR) is 107 cm³/mol. The van der Waals surface area contributed by atoms with Crippen LogP contribution in [0.15, 0.2) is 23.5 Å². The summed E-state index contributed by atoms with van der Waals surface area (Å²) in [5.41, 5.74) is 0.395. The topological polar surface area (TPSA) is 59.9 Å². The second-order valence-corrected chi connectivity index (χ2v) is 7.95. The van der Waals surface area contributed by atoms with Gasteiger partial charge < -0.3 is 15.1 Å². The summed E-state index contributed by atoms with van der Waals surface area (Å²) in [6.45, 7) is 15.8. The zero-order valence-electron chi connectivity index (χ0n) is 16.5. The molecule has 3 rings (SSSR count). The second-order valence-electron chi connectivity index (χ2n) is 7.95. The van der Waals surface area contributed by atoms with Crippen LogP contribution in [-0.4, -0.2) is 84.6 Å². The lowest BCUT2D eigenvalue weighted by Gasteiger charge is -2.34. The largest absolute Gasteiger partial charge is 0.357 e. The average molecular weight is 360 g/mol. The van der Waals surface area contributed by atoms with E-state index < -0.39 is 0 Å². The maximum Gasteiger partial charge on any atom is 0.225 e. The van der Waals surface area contributed by atoms with Crippen molar-refractivity contribution in [3.63, 3.8) is 0 Å². The van der Waals surface area contributed by atoms with Crippen molar-refractivity contribution < 1.29 is 0 Å². The zero-order chi connectivity index (χ0) is 18.4. The van der Waals surface area contributed by atoms with Gasteiger partial charge in [0.25, 0.3) is 0 Å². The van der Waals surface area contributed by atoms with Crippen LogP contribution in [0.5, 0.6) is 0 Å². The summed E-state index contributed by atoms with van der Waals surface area (Å²) in [5.74, 6) is 1.92. The van der Waals surface area contributed by atoms with E-state index in [-0.39, 0.29) is 0 Å². The Hall–Kier alpha value is -1.89. The quantitative estimate of drug-likeness (QED) is 0.632. The Morgan fingerprint density at radius 3 is 2.50 bits per heavy atom. The highest BCUT2D eigenvalue weighted by Crippen LogP contribution is 2.28. The van der Waals surface area contributed by atoms with E-state index in [9.17, 15) is 0 Å². The van der Waals surface area contributed by atoms with Crippen molar-refractivity contribution in [3.8, 4) is 0 Å². The number of nitrogens with zero attached hydrogens (tertiary/aromatic N) is 6. The molecular formula is C19H33N7. The molecule has 0 aromatic carbocycles. The normalized spacial score (nSPS) is 21.3. The van der Waals surface area contributed by atoms with Crippen molar-refractivity contribution >= 4 is 11.9 Å². The van der Waals surface area contributed by atoms with Gasteiger partial charge in [-0.15, -0.1) is 0 Å². The Labute approximate surface area is 157 Å². The standard InChI is InChI=1S/C19H33N7/c1-4-20-17(26-10-6-19(2,3)16-26)23-9-11-24-12-14-25(15-13-24)18-21-7-5-8-22-18/h5,7-8H,4,6,9-16H2,1-3H3,(H,20,23). The van der Waals surface area contributed by atoms with Crippen LogP contribution in [0.1, 0.15) is 27.2 Å². The zero-order valence-corrected chi connectivity index (χ0v) is 16.5. The first-order chi connectivity index (χ1) is 12.6. The summed E-state index contributed by atoms with van der Waals surface area (Å²) >= 11 is 0. The average Bonchev–Trinajstić information content (AvgIpc) is 3.02. The number of aromatic nitrogens is 2. The van der Waals surface area contributed by atoms with E-state index in [1.165, 1.54) is 6.42 Å². The summed E-state index contributed by atoms with van der Waals surface area (Å²) in [5, 5.41) is 3.46. The Morgan fingerprint density at radius 2 is 1.88 bits per heavy atom. The van der Waals surface area contributed by atoms with E-state index in [4.69, 9.17) is 4.99 Å². The lowest BCUT2D eigenvalue weighted by molar-refractivity contribution is 0.263. The molecule has 2 saturated heterocycles. The third kappa shape index (κ3) is 5.06. The molecule has 3 heterocycles. The summed E-state index contributed by atoms with van der Waals surface area (Å²) in [6.07, 6.45) is 4.86. The summed E-state index contributed by atoms with van der Waals surface area (Å²) in [7, 11) is 0. The van der Waals surface area contributed by atoms with Crippen LogP contribution in [0.4, 0.5) is 5.95 Å². The Bertz CT molecular complexity index is 579. The molecule has 0 bridgehead atoms. The van der Waals surface area contributed by atoms with Gasteiger partial charge in [0.05, 0.1) is 6.54 Å². The van der Waals surface area contributed by atoms with Gasteiger partial charge in [-0.3, -0.25) is 9.89 Å². The van der Waals surface area contributed by atoms with E-state index in [0.29, 0.717) is 5.41 Å². The molecule has 2 aliphatic heterocycles. The van der Waals surface area contributed by atoms with Crippen LogP contribution in [0.3, 0.4) is 0 Å². The molecule has 0 aliphatic carbocycles. The number of rotatable bonds is 5. The van der Waals surface area contributed by atoms with Crippen LogP contribution in [0.2, 0.25) is 0 Å². The van der Waals surface area contributed by atoms with Crippen LogP contribution < -0.4 is 10.2 Å². The minimum atomic E-state index is 0.395. The fraction of sp³-hybridized carbons (Fsp3) is 0.737. The van der Waals surface area contributed by atoms with E-state index in [1.807, 2.05) is 18.5 Å². The molecule has 26 heavy (non-hydrogen) atoms. The van der Waals surface area contributed by atoms with Crippen LogP contribution in [0.25, 0.3) is 0 Å². The third-order valence-electron chi connectivity index (χ3n) is 5.20. The van der Waals surface area contributed by atoms with Crippen LogP contribution >= 0.6 is 0 Å². The summed E-state index contributed by atoms with van der Waals surface area (Å²) in [6, 6.07) is 1.86. The Morgan fingerprint density at radius 1 is 1.15 bits per heavy atom. The lowest BCUT2D eigenvalue weighted by atomic mass is 9.93. The molecule has 2 aliphatic rings. The van der Waals surface area contributed by atoms with E-state index in [1.54, 1.807) is 0 Å². The number of nitrogens with one attached hydrogen (secondary N) is 1. The highest BCUT2D eigenvalue weighted by atomic mass is 15.3. The molecule has 144 valence electrons. The van der Waals surface area contributed by atoms with Crippen molar-refractivity contribution in [1.29, 1.82) is 0 Å². The molecule has 0 saturated carbocycles. The highest BCUT2D eigenvalue weighted by Gasteiger charge is 2.30. The molecule has 1 N–H and O–H groups in total. The van der Waals surface area contributed by atoms with Crippen molar-refractivity contribution in [1.82, 2.24) is 25.1 Å². The van der Waals surface area contributed by atoms with Gasteiger partial charge in [0, 0.05) is 64.8 Å². The maximum atomic E-state index is 4.88. The Kier molecular flexibility index (Phi) is 6.29. The lowest BCUT2D eigenvalue weighted by Crippen LogP contribution is -2.48. The van der Waals surface area contributed by atoms with E-state index in [0.717, 1.165) is 70.8 Å². The fourth-order valence-corrected chi connectivity index (χ4v) is 3.64. The van der Waals surface area contributed by atoms with Crippen molar-refractivity contribution in [3.05, 3.63) is 18.5 Å². The molecular weight excluding hydrogens is 326 g/mol. The molecule has 0 atom stereocenters. The number of guanidine groups is 1. The minimum absolute atomic E-state index is 0.395. The first-order valence-electron chi connectivity index (χ1n) is 9.85. The first kappa shape index (κ1) is 18.9. The molecule has 1 aromatic rings. The van der Waals surface area contributed by atoms with Gasteiger partial charge in [0.15, 0.2) is 5.96 Å². The molecule has 7 heteroatoms. The second kappa shape index (κ2) is 8.66. The number of aliphatic imine (C=N–C) groups is 1. The number of likely N-dealkylation sites (tertiary alicyclic amines) is 1. The highest BCUT2D eigenvalue weighted by molar-refractivity contribution is 5.80. The van der Waals surface area contributed by atoms with Gasteiger partial charge >= 0.3 is 0 Å². The predicted octanol–water partition coefficient (Wildman–Crippen LogP) is 1.30. The van der Waals surface area contributed by atoms with Gasteiger partial charge in [-0.05, 0) is 24.8 Å². The number of anilines is 1. The molecule has 0 spiro atoms. The smallest absolute Gasteiger partial charge is 0.225 e. The van der Waals surface area contributed by atoms with Gasteiger partial charge in [-0.2, -0.15) is 0 Å². The van der Waals surface area contributed by atoms with Gasteiger partial charge in [0.2, 0.25) is 5.95 Å². The third-order valence-corrected chi connectivity index (χ3v) is 5.20. The van der Waals surface area contributed by atoms with E-state index >= 15 is 0 Å². The minimum Gasteiger partial charge on any atom is -0.357 e. The van der Waals surface area contributed by atoms with Crippen LogP contribution in [-0.2, 0) is 0 Å². The molecule has 0 radical (unpaired) electrons. The number of piperazine rings is 1. The van der Waals surface area contributed by atoms with Crippen molar-refractivity contribution in [2.45, 2.75) is 27.2 Å². The van der Waals surface area contributed by atoms with Gasteiger partial charge in [0.1, 0.15) is 0 Å². The first-order valence-corrected chi connectivity index (χ1v) is 9.85. The number of hydrogen-bond acceptors (Lipinski definition) is 5. The van der Waals surface area contributed by atoms with E-state index in [2.05, 4.69) is 50.8 Å². The molecule has 1 aromatic heterocycles. The van der Waals surface area contributed by atoms with Gasteiger partial charge in [-0.1, -0.05) is 13.8 Å². The summed E-state index contributed by atoms with van der Waals surface area (Å²) < 4.78 is 0. The number of hydrogen-bond donors (Lipinski definition) is 1. The van der Waals surface area contributed by atoms with Gasteiger partial charge in [-0.25, -0.2) is 9.97 Å². The molecule has 0 amide bonds. The van der Waals surface area contributed by atoms with Crippen molar-refractivity contribution in [2.24, 2.45) is 10.4 Å². The summed E-state index contributed by atoms with van der Waals surface area (Å²) in [4.78, 5) is 20.7. The Balaban J connectivity index is 1.45. The molecule has 7 nitrogen and oxygen atoms in total.